The van der Waals surface area contributed by atoms with Crippen molar-refractivity contribution in [3.05, 3.63) is 69.7 Å². The Morgan fingerprint density at radius 1 is 1.09 bits per heavy atom. The summed E-state index contributed by atoms with van der Waals surface area (Å²) in [7, 11) is 0. The number of ether oxygens (including phenoxy) is 1. The van der Waals surface area contributed by atoms with Crippen LogP contribution in [0.3, 0.4) is 0 Å². The van der Waals surface area contributed by atoms with E-state index in [9.17, 15) is 9.59 Å². The number of esters is 1. The first-order valence-corrected chi connectivity index (χ1v) is 8.03. The van der Waals surface area contributed by atoms with Gasteiger partial charge in [-0.15, -0.1) is 0 Å². The fraction of sp³-hybridized carbons (Fsp3) is 0.222. The number of hydrogen-bond acceptors (Lipinski definition) is 3. The lowest BCUT2D eigenvalue weighted by Gasteiger charge is -2.14. The molecule has 1 atom stereocenters. The molecule has 0 heterocycles. The molecule has 0 unspecified atom stereocenters. The van der Waals surface area contributed by atoms with E-state index in [1.165, 1.54) is 0 Å². The first kappa shape index (κ1) is 17.2. The van der Waals surface area contributed by atoms with Gasteiger partial charge in [0.2, 0.25) is 0 Å². The van der Waals surface area contributed by atoms with Crippen LogP contribution in [0.2, 0.25) is 0 Å². The van der Waals surface area contributed by atoms with E-state index in [1.807, 2.05) is 38.1 Å². The lowest BCUT2D eigenvalue weighted by molar-refractivity contribution is -0.124. The van der Waals surface area contributed by atoms with Gasteiger partial charge < -0.3 is 10.1 Å². The predicted molar refractivity (Wildman–Crippen MR) is 92.2 cm³/mol. The summed E-state index contributed by atoms with van der Waals surface area (Å²) in [6.07, 6.45) is 0. The minimum atomic E-state index is -0.518. The number of aryl methyl sites for hydroxylation is 1. The Bertz CT molecular complexity index is 680. The van der Waals surface area contributed by atoms with E-state index >= 15 is 0 Å². The minimum Gasteiger partial charge on any atom is -0.452 e. The zero-order valence-electron chi connectivity index (χ0n) is 13.0. The van der Waals surface area contributed by atoms with Gasteiger partial charge >= 0.3 is 5.97 Å². The monoisotopic (exact) mass is 375 g/mol. The maximum absolute atomic E-state index is 11.9. The molecule has 0 aliphatic heterocycles. The molecule has 0 saturated carbocycles. The van der Waals surface area contributed by atoms with Gasteiger partial charge in [-0.25, -0.2) is 4.79 Å². The third kappa shape index (κ3) is 5.21. The third-order valence-electron chi connectivity index (χ3n) is 3.37. The van der Waals surface area contributed by atoms with Crippen molar-refractivity contribution >= 4 is 27.8 Å². The second-order valence-electron chi connectivity index (χ2n) is 5.28. The number of rotatable bonds is 5. The number of halogens is 1. The summed E-state index contributed by atoms with van der Waals surface area (Å²) in [5.41, 5.74) is 2.58. The van der Waals surface area contributed by atoms with Gasteiger partial charge in [-0.05, 0) is 43.7 Å². The summed E-state index contributed by atoms with van der Waals surface area (Å²) < 4.78 is 5.89. The van der Waals surface area contributed by atoms with E-state index in [0.29, 0.717) is 5.56 Å². The van der Waals surface area contributed by atoms with Crippen LogP contribution >= 0.6 is 15.9 Å². The second kappa shape index (κ2) is 7.92. The first-order chi connectivity index (χ1) is 11.0. The smallest absolute Gasteiger partial charge is 0.338 e. The zero-order valence-corrected chi connectivity index (χ0v) is 14.6. The quantitative estimate of drug-likeness (QED) is 0.808. The molecule has 2 aromatic rings. The van der Waals surface area contributed by atoms with E-state index in [-0.39, 0.29) is 18.6 Å². The number of benzene rings is 2. The lowest BCUT2D eigenvalue weighted by Crippen LogP contribution is -2.31. The highest BCUT2D eigenvalue weighted by Gasteiger charge is 2.13. The van der Waals surface area contributed by atoms with Crippen molar-refractivity contribution in [1.29, 1.82) is 0 Å². The fourth-order valence-electron chi connectivity index (χ4n) is 2.02. The average Bonchev–Trinajstić information content (AvgIpc) is 2.54. The van der Waals surface area contributed by atoms with E-state index in [4.69, 9.17) is 4.74 Å². The van der Waals surface area contributed by atoms with Crippen LogP contribution in [-0.2, 0) is 9.53 Å². The maximum Gasteiger partial charge on any atom is 0.338 e. The Morgan fingerprint density at radius 3 is 2.30 bits per heavy atom. The van der Waals surface area contributed by atoms with Gasteiger partial charge in [0.1, 0.15) is 0 Å². The van der Waals surface area contributed by atoms with Crippen LogP contribution in [0, 0.1) is 6.92 Å². The van der Waals surface area contributed by atoms with Crippen LogP contribution in [0.15, 0.2) is 53.0 Å². The van der Waals surface area contributed by atoms with Gasteiger partial charge in [0, 0.05) is 4.47 Å². The number of carbonyl (C=O) groups excluding carboxylic acids is 2. The molecule has 1 N–H and O–H groups in total. The van der Waals surface area contributed by atoms with Gasteiger partial charge in [0.05, 0.1) is 11.6 Å². The molecule has 5 heteroatoms. The number of carbonyl (C=O) groups is 2. The highest BCUT2D eigenvalue weighted by atomic mass is 79.9. The van der Waals surface area contributed by atoms with Crippen molar-refractivity contribution in [3.8, 4) is 0 Å². The van der Waals surface area contributed by atoms with Gasteiger partial charge in [-0.2, -0.15) is 0 Å². The lowest BCUT2D eigenvalue weighted by atomic mass is 10.1. The average molecular weight is 376 g/mol. The van der Waals surface area contributed by atoms with Crippen molar-refractivity contribution < 1.29 is 14.3 Å². The fourth-order valence-corrected chi connectivity index (χ4v) is 2.29. The minimum absolute atomic E-state index is 0.144. The summed E-state index contributed by atoms with van der Waals surface area (Å²) >= 11 is 3.29. The van der Waals surface area contributed by atoms with Gasteiger partial charge in [-0.3, -0.25) is 4.79 Å². The molecule has 0 saturated heterocycles. The highest BCUT2D eigenvalue weighted by Crippen LogP contribution is 2.13. The Labute approximate surface area is 144 Å². The Hall–Kier alpha value is -2.14. The van der Waals surface area contributed by atoms with Crippen LogP contribution in [0.25, 0.3) is 0 Å². The SMILES string of the molecule is Cc1ccc([C@H](C)NC(=O)COC(=O)c2ccc(Br)cc2)cc1. The van der Waals surface area contributed by atoms with E-state index in [0.717, 1.165) is 15.6 Å². The maximum atomic E-state index is 11.9. The van der Waals surface area contributed by atoms with Crippen molar-refractivity contribution in [2.45, 2.75) is 19.9 Å². The molecule has 2 rings (SSSR count). The molecule has 2 aromatic carbocycles. The van der Waals surface area contributed by atoms with Crippen molar-refractivity contribution in [2.75, 3.05) is 6.61 Å². The first-order valence-electron chi connectivity index (χ1n) is 7.24. The zero-order chi connectivity index (χ0) is 16.8. The molecule has 0 radical (unpaired) electrons. The van der Waals surface area contributed by atoms with Crippen LogP contribution in [-0.4, -0.2) is 18.5 Å². The standard InChI is InChI=1S/C18H18BrNO3/c1-12-3-5-14(6-4-12)13(2)20-17(21)11-23-18(22)15-7-9-16(19)10-8-15/h3-10,13H,11H2,1-2H3,(H,20,21)/t13-/m0/s1. The summed E-state index contributed by atoms with van der Waals surface area (Å²) in [4.78, 5) is 23.7. The normalized spacial score (nSPS) is 11.6. The van der Waals surface area contributed by atoms with Crippen LogP contribution in [0.1, 0.15) is 34.5 Å². The predicted octanol–water partition coefficient (Wildman–Crippen LogP) is 3.79. The third-order valence-corrected chi connectivity index (χ3v) is 3.90. The van der Waals surface area contributed by atoms with Crippen LogP contribution < -0.4 is 5.32 Å². The molecular weight excluding hydrogens is 358 g/mol. The molecule has 0 aliphatic rings. The van der Waals surface area contributed by atoms with E-state index < -0.39 is 5.97 Å². The van der Waals surface area contributed by atoms with Crippen LogP contribution in [0.5, 0.6) is 0 Å². The molecule has 1 amide bonds. The van der Waals surface area contributed by atoms with E-state index in [2.05, 4.69) is 21.2 Å². The van der Waals surface area contributed by atoms with Crippen LogP contribution in [0.4, 0.5) is 0 Å². The number of hydrogen-bond donors (Lipinski definition) is 1. The Kier molecular flexibility index (Phi) is 5.93. The molecular formula is C18H18BrNO3. The number of nitrogens with one attached hydrogen (secondary N) is 1. The van der Waals surface area contributed by atoms with Crippen molar-refractivity contribution in [1.82, 2.24) is 5.32 Å². The molecule has 23 heavy (non-hydrogen) atoms. The molecule has 120 valence electrons. The summed E-state index contributed by atoms with van der Waals surface area (Å²) in [5.74, 6) is -0.848. The summed E-state index contributed by atoms with van der Waals surface area (Å²) in [6, 6.07) is 14.5. The van der Waals surface area contributed by atoms with Gasteiger partial charge in [-0.1, -0.05) is 45.8 Å². The molecule has 0 fully saturated rings. The van der Waals surface area contributed by atoms with Gasteiger partial charge in [0.15, 0.2) is 6.61 Å². The number of amides is 1. The van der Waals surface area contributed by atoms with Crippen molar-refractivity contribution in [3.63, 3.8) is 0 Å². The molecule has 4 nitrogen and oxygen atoms in total. The van der Waals surface area contributed by atoms with Gasteiger partial charge in [0.25, 0.3) is 5.91 Å². The molecule has 0 bridgehead atoms. The highest BCUT2D eigenvalue weighted by molar-refractivity contribution is 9.10. The van der Waals surface area contributed by atoms with Crippen molar-refractivity contribution in [2.24, 2.45) is 0 Å². The molecule has 0 aromatic heterocycles. The largest absolute Gasteiger partial charge is 0.452 e. The summed E-state index contributed by atoms with van der Waals surface area (Å²) in [5, 5.41) is 2.81. The second-order valence-corrected chi connectivity index (χ2v) is 6.20. The Balaban J connectivity index is 1.83. The van der Waals surface area contributed by atoms with E-state index in [1.54, 1.807) is 24.3 Å². The molecule has 0 spiro atoms. The topological polar surface area (TPSA) is 55.4 Å². The Morgan fingerprint density at radius 2 is 1.70 bits per heavy atom. The molecule has 0 aliphatic carbocycles. The summed E-state index contributed by atoms with van der Waals surface area (Å²) in [6.45, 7) is 3.60.